The Morgan fingerprint density at radius 1 is 1.11 bits per heavy atom. The molecule has 8 heteroatoms. The molecule has 1 amide bonds. The summed E-state index contributed by atoms with van der Waals surface area (Å²) in [5.41, 5.74) is 0.191. The van der Waals surface area contributed by atoms with Crippen molar-refractivity contribution < 1.29 is 17.6 Å². The van der Waals surface area contributed by atoms with E-state index in [1.165, 1.54) is 16.4 Å². The summed E-state index contributed by atoms with van der Waals surface area (Å²) in [6.07, 6.45) is 1.80. The van der Waals surface area contributed by atoms with Crippen molar-refractivity contribution in [1.29, 1.82) is 0 Å². The van der Waals surface area contributed by atoms with E-state index in [-0.39, 0.29) is 23.3 Å². The maximum atomic E-state index is 13.8. The smallest absolute Gasteiger partial charge is 0.239 e. The van der Waals surface area contributed by atoms with Crippen LogP contribution in [0.25, 0.3) is 0 Å². The fourth-order valence-corrected chi connectivity index (χ4v) is 5.42. The molecule has 2 fully saturated rings. The third kappa shape index (κ3) is 4.90. The first kappa shape index (κ1) is 21.2. The van der Waals surface area contributed by atoms with Gasteiger partial charge in [-0.05, 0) is 24.8 Å². The molecule has 1 atom stereocenters. The third-order valence-electron chi connectivity index (χ3n) is 5.65. The van der Waals surface area contributed by atoms with Crippen LogP contribution in [0.4, 0.5) is 4.39 Å². The van der Waals surface area contributed by atoms with Crippen LogP contribution in [0.15, 0.2) is 24.3 Å². The van der Waals surface area contributed by atoms with Crippen molar-refractivity contribution in [1.82, 2.24) is 14.1 Å². The normalized spacial score (nSPS) is 22.4. The van der Waals surface area contributed by atoms with Crippen molar-refractivity contribution in [3.63, 3.8) is 0 Å². The van der Waals surface area contributed by atoms with E-state index in [1.54, 1.807) is 12.1 Å². The molecule has 0 saturated carbocycles. The molecular weight excluding hydrogens is 381 g/mol. The average Bonchev–Trinajstić information content (AvgIpc) is 3.02. The Labute approximate surface area is 167 Å². The van der Waals surface area contributed by atoms with Crippen LogP contribution >= 0.6 is 0 Å². The standard InChI is InChI=1S/C20H30FN3O3S/c1-16(2)7-9-23-10-8-19(20(23)25)22-11-13-24(14-12-22)28(26,27)15-17-5-3-4-6-18(17)21/h3-6,16,19H,7-15H2,1-2H3. The highest BCUT2D eigenvalue weighted by molar-refractivity contribution is 7.88. The summed E-state index contributed by atoms with van der Waals surface area (Å²) in [6, 6.07) is 5.84. The average molecular weight is 412 g/mol. The number of benzene rings is 1. The van der Waals surface area contributed by atoms with E-state index in [4.69, 9.17) is 0 Å². The molecule has 3 rings (SSSR count). The zero-order valence-corrected chi connectivity index (χ0v) is 17.5. The van der Waals surface area contributed by atoms with Gasteiger partial charge in [-0.1, -0.05) is 32.0 Å². The van der Waals surface area contributed by atoms with Gasteiger partial charge in [-0.25, -0.2) is 12.8 Å². The second-order valence-electron chi connectivity index (χ2n) is 8.09. The first-order valence-corrected chi connectivity index (χ1v) is 11.6. The van der Waals surface area contributed by atoms with Gasteiger partial charge in [-0.2, -0.15) is 4.31 Å². The highest BCUT2D eigenvalue weighted by Crippen LogP contribution is 2.22. The molecule has 0 aliphatic carbocycles. The molecule has 28 heavy (non-hydrogen) atoms. The number of carbonyl (C=O) groups is 1. The van der Waals surface area contributed by atoms with Gasteiger partial charge in [0.25, 0.3) is 0 Å². The summed E-state index contributed by atoms with van der Waals surface area (Å²) >= 11 is 0. The molecule has 0 bridgehead atoms. The fourth-order valence-electron chi connectivity index (χ4n) is 3.89. The zero-order chi connectivity index (χ0) is 20.3. The number of nitrogens with zero attached hydrogens (tertiary/aromatic N) is 3. The predicted molar refractivity (Wildman–Crippen MR) is 107 cm³/mol. The Bertz CT molecular complexity index is 792. The van der Waals surface area contributed by atoms with Crippen molar-refractivity contribution in [2.24, 2.45) is 5.92 Å². The summed E-state index contributed by atoms with van der Waals surface area (Å²) in [5.74, 6) is -0.0912. The summed E-state index contributed by atoms with van der Waals surface area (Å²) < 4.78 is 40.6. The van der Waals surface area contributed by atoms with E-state index in [0.29, 0.717) is 32.1 Å². The number of sulfonamides is 1. The Kier molecular flexibility index (Phi) is 6.73. The minimum absolute atomic E-state index is 0.136. The van der Waals surface area contributed by atoms with E-state index in [9.17, 15) is 17.6 Å². The van der Waals surface area contributed by atoms with Gasteiger partial charge in [-0.15, -0.1) is 0 Å². The summed E-state index contributed by atoms with van der Waals surface area (Å²) in [6.45, 7) is 7.62. The fraction of sp³-hybridized carbons (Fsp3) is 0.650. The third-order valence-corrected chi connectivity index (χ3v) is 7.48. The molecule has 1 aromatic rings. The molecule has 0 aromatic heterocycles. The SMILES string of the molecule is CC(C)CCN1CCC(N2CCN(S(=O)(=O)Cc3ccccc3F)CC2)C1=O. The number of amides is 1. The van der Waals surface area contributed by atoms with Crippen molar-refractivity contribution in [3.8, 4) is 0 Å². The highest BCUT2D eigenvalue weighted by atomic mass is 32.2. The van der Waals surface area contributed by atoms with Crippen LogP contribution < -0.4 is 0 Å². The molecular formula is C20H30FN3O3S. The van der Waals surface area contributed by atoms with Crippen LogP contribution in [0.3, 0.4) is 0 Å². The molecule has 2 heterocycles. The summed E-state index contributed by atoms with van der Waals surface area (Å²) in [5, 5.41) is 0. The topological polar surface area (TPSA) is 60.9 Å². The number of hydrogen-bond acceptors (Lipinski definition) is 4. The number of carbonyl (C=O) groups excluding carboxylic acids is 1. The predicted octanol–water partition coefficient (Wildman–Crippen LogP) is 1.92. The van der Waals surface area contributed by atoms with Gasteiger partial charge in [0.15, 0.2) is 0 Å². The van der Waals surface area contributed by atoms with Gasteiger partial charge in [0.05, 0.1) is 11.8 Å². The molecule has 0 radical (unpaired) electrons. The molecule has 2 aliphatic heterocycles. The Morgan fingerprint density at radius 3 is 2.43 bits per heavy atom. The second-order valence-corrected chi connectivity index (χ2v) is 10.1. The number of halogens is 1. The van der Waals surface area contributed by atoms with Crippen molar-refractivity contribution in [2.45, 2.75) is 38.5 Å². The van der Waals surface area contributed by atoms with Crippen molar-refractivity contribution in [3.05, 3.63) is 35.6 Å². The largest absolute Gasteiger partial charge is 0.341 e. The lowest BCUT2D eigenvalue weighted by molar-refractivity contribution is -0.132. The Balaban J connectivity index is 1.54. The molecule has 2 saturated heterocycles. The number of rotatable bonds is 7. The molecule has 0 spiro atoms. The molecule has 1 unspecified atom stereocenters. The van der Waals surface area contributed by atoms with Crippen LogP contribution in [0, 0.1) is 11.7 Å². The van der Waals surface area contributed by atoms with Crippen LogP contribution in [0.5, 0.6) is 0 Å². The van der Waals surface area contributed by atoms with Crippen molar-refractivity contribution >= 4 is 15.9 Å². The molecule has 6 nitrogen and oxygen atoms in total. The Hall–Kier alpha value is -1.51. The van der Waals surface area contributed by atoms with Gasteiger partial charge < -0.3 is 4.90 Å². The van der Waals surface area contributed by atoms with Gasteiger partial charge in [0.2, 0.25) is 15.9 Å². The van der Waals surface area contributed by atoms with Gasteiger partial charge in [-0.3, -0.25) is 9.69 Å². The quantitative estimate of drug-likeness (QED) is 0.688. The monoisotopic (exact) mass is 411 g/mol. The summed E-state index contributed by atoms with van der Waals surface area (Å²) in [4.78, 5) is 16.7. The van der Waals surface area contributed by atoms with Crippen LogP contribution in [-0.4, -0.2) is 73.7 Å². The first-order valence-electron chi connectivity index (χ1n) is 10.0. The second kappa shape index (κ2) is 8.88. The van der Waals surface area contributed by atoms with E-state index in [1.807, 2.05) is 4.90 Å². The van der Waals surface area contributed by atoms with Crippen molar-refractivity contribution in [2.75, 3.05) is 39.3 Å². The zero-order valence-electron chi connectivity index (χ0n) is 16.7. The molecule has 2 aliphatic rings. The molecule has 0 N–H and O–H groups in total. The molecule has 1 aromatic carbocycles. The van der Waals surface area contributed by atoms with Gasteiger partial charge in [0, 0.05) is 44.8 Å². The van der Waals surface area contributed by atoms with Crippen LogP contribution in [-0.2, 0) is 20.6 Å². The van der Waals surface area contributed by atoms with Crippen LogP contribution in [0.2, 0.25) is 0 Å². The van der Waals surface area contributed by atoms with Gasteiger partial charge in [0.1, 0.15) is 5.82 Å². The lowest BCUT2D eigenvalue weighted by Gasteiger charge is -2.36. The van der Waals surface area contributed by atoms with E-state index in [0.717, 1.165) is 25.9 Å². The van der Waals surface area contributed by atoms with Gasteiger partial charge >= 0.3 is 0 Å². The lowest BCUT2D eigenvalue weighted by Crippen LogP contribution is -2.54. The van der Waals surface area contributed by atoms with E-state index >= 15 is 0 Å². The first-order chi connectivity index (χ1) is 13.3. The minimum atomic E-state index is -3.58. The maximum Gasteiger partial charge on any atom is 0.239 e. The number of piperazine rings is 1. The summed E-state index contributed by atoms with van der Waals surface area (Å²) in [7, 11) is -3.58. The number of hydrogen-bond donors (Lipinski definition) is 0. The molecule has 156 valence electrons. The van der Waals surface area contributed by atoms with Crippen LogP contribution in [0.1, 0.15) is 32.3 Å². The minimum Gasteiger partial charge on any atom is -0.341 e. The Morgan fingerprint density at radius 2 is 1.79 bits per heavy atom. The lowest BCUT2D eigenvalue weighted by atomic mass is 10.1. The highest BCUT2D eigenvalue weighted by Gasteiger charge is 2.38. The van der Waals surface area contributed by atoms with E-state index in [2.05, 4.69) is 18.7 Å². The van der Waals surface area contributed by atoms with E-state index < -0.39 is 15.8 Å². The number of likely N-dealkylation sites (tertiary alicyclic amines) is 1. The maximum absolute atomic E-state index is 13.8.